The average molecular weight is 338 g/mol. The van der Waals surface area contributed by atoms with Crippen LogP contribution in [0.2, 0.25) is 0 Å². The van der Waals surface area contributed by atoms with Crippen molar-refractivity contribution in [3.8, 4) is 0 Å². The maximum atomic E-state index is 11.2. The van der Waals surface area contributed by atoms with Crippen LogP contribution >= 0.6 is 11.8 Å². The van der Waals surface area contributed by atoms with E-state index in [-0.39, 0.29) is 6.54 Å². The molecule has 0 spiro atoms. The summed E-state index contributed by atoms with van der Waals surface area (Å²) in [5, 5.41) is 18.4. The molecule has 4 aromatic rings. The van der Waals surface area contributed by atoms with E-state index in [1.165, 1.54) is 5.56 Å². The largest absolute Gasteiger partial charge is 0.480 e. The Kier molecular flexibility index (Phi) is 3.70. The first kappa shape index (κ1) is 14.8. The van der Waals surface area contributed by atoms with Gasteiger partial charge in [0, 0.05) is 5.75 Å². The van der Waals surface area contributed by atoms with Crippen LogP contribution in [0.1, 0.15) is 5.56 Å². The zero-order valence-corrected chi connectivity index (χ0v) is 13.5. The summed E-state index contributed by atoms with van der Waals surface area (Å²) in [5.41, 5.74) is 2.95. The van der Waals surface area contributed by atoms with E-state index in [4.69, 9.17) is 0 Å². The van der Waals surface area contributed by atoms with Crippen LogP contribution in [0.4, 0.5) is 0 Å². The summed E-state index contributed by atoms with van der Waals surface area (Å²) >= 11 is 1.59. The molecule has 120 valence electrons. The molecule has 6 nitrogen and oxygen atoms in total. The molecule has 2 aromatic carbocycles. The number of fused-ring (bicyclic) bond motifs is 3. The number of hydrogen-bond acceptors (Lipinski definition) is 4. The van der Waals surface area contributed by atoms with Crippen molar-refractivity contribution in [2.24, 2.45) is 0 Å². The molecule has 0 unspecified atom stereocenters. The molecular weight excluding hydrogens is 324 g/mol. The molecule has 0 saturated carbocycles. The first-order valence-corrected chi connectivity index (χ1v) is 8.43. The smallest absolute Gasteiger partial charge is 0.323 e. The lowest BCUT2D eigenvalue weighted by Crippen LogP contribution is -2.08. The monoisotopic (exact) mass is 338 g/mol. The van der Waals surface area contributed by atoms with E-state index in [0.717, 1.165) is 21.9 Å². The van der Waals surface area contributed by atoms with Crippen molar-refractivity contribution in [3.05, 3.63) is 60.2 Å². The van der Waals surface area contributed by atoms with E-state index < -0.39 is 5.97 Å². The highest BCUT2D eigenvalue weighted by Gasteiger charge is 2.18. The molecule has 0 bridgehead atoms. The molecular formula is C17H14N4O2S. The van der Waals surface area contributed by atoms with Gasteiger partial charge >= 0.3 is 5.97 Å². The van der Waals surface area contributed by atoms with Gasteiger partial charge in [0.1, 0.15) is 6.54 Å². The van der Waals surface area contributed by atoms with Gasteiger partial charge < -0.3 is 5.11 Å². The van der Waals surface area contributed by atoms with Crippen LogP contribution in [0.5, 0.6) is 0 Å². The SMILES string of the molecule is O=C(O)Cn1c2ccccc2n2c(SCc3ccccc3)nnc12. The van der Waals surface area contributed by atoms with E-state index in [9.17, 15) is 9.90 Å². The van der Waals surface area contributed by atoms with Crippen LogP contribution in [0.3, 0.4) is 0 Å². The van der Waals surface area contributed by atoms with Gasteiger partial charge in [-0.05, 0) is 17.7 Å². The Bertz CT molecular complexity index is 1020. The van der Waals surface area contributed by atoms with Crippen molar-refractivity contribution < 1.29 is 9.90 Å². The van der Waals surface area contributed by atoms with Gasteiger partial charge in [0.25, 0.3) is 0 Å². The predicted octanol–water partition coefficient (Wildman–Crippen LogP) is 3.06. The summed E-state index contributed by atoms with van der Waals surface area (Å²) in [6, 6.07) is 17.8. The van der Waals surface area contributed by atoms with Crippen molar-refractivity contribution >= 4 is 34.5 Å². The number of imidazole rings is 1. The third kappa shape index (κ3) is 2.52. The standard InChI is InChI=1S/C17H14N4O2S/c22-15(23)10-20-13-8-4-5-9-14(13)21-16(20)18-19-17(21)24-11-12-6-2-1-3-7-12/h1-9H,10-11H2,(H,22,23). The second kappa shape index (κ2) is 6.01. The molecule has 0 aliphatic rings. The van der Waals surface area contributed by atoms with Crippen LogP contribution in [-0.2, 0) is 17.1 Å². The maximum absolute atomic E-state index is 11.2. The van der Waals surface area contributed by atoms with E-state index in [1.807, 2.05) is 46.9 Å². The zero-order chi connectivity index (χ0) is 16.5. The van der Waals surface area contributed by atoms with Crippen molar-refractivity contribution in [3.63, 3.8) is 0 Å². The number of carboxylic acid groups (broad SMARTS) is 1. The fraction of sp³-hybridized carbons (Fsp3) is 0.118. The maximum Gasteiger partial charge on any atom is 0.323 e. The molecule has 2 aromatic heterocycles. The van der Waals surface area contributed by atoms with Crippen molar-refractivity contribution in [1.29, 1.82) is 0 Å². The Hall–Kier alpha value is -2.80. The van der Waals surface area contributed by atoms with Crippen LogP contribution in [0.15, 0.2) is 59.8 Å². The van der Waals surface area contributed by atoms with Gasteiger partial charge in [-0.3, -0.25) is 13.8 Å². The number of carboxylic acids is 1. The lowest BCUT2D eigenvalue weighted by molar-refractivity contribution is -0.137. The zero-order valence-electron chi connectivity index (χ0n) is 12.7. The number of rotatable bonds is 5. The molecule has 0 aliphatic heterocycles. The van der Waals surface area contributed by atoms with E-state index in [0.29, 0.717) is 5.78 Å². The number of aromatic nitrogens is 4. The molecule has 24 heavy (non-hydrogen) atoms. The summed E-state index contributed by atoms with van der Waals surface area (Å²) < 4.78 is 3.60. The minimum Gasteiger partial charge on any atom is -0.480 e. The summed E-state index contributed by atoms with van der Waals surface area (Å²) in [6.45, 7) is -0.140. The summed E-state index contributed by atoms with van der Waals surface area (Å²) in [4.78, 5) is 11.2. The number of carbonyl (C=O) groups is 1. The molecule has 0 amide bonds. The lowest BCUT2D eigenvalue weighted by atomic mass is 10.2. The highest BCUT2D eigenvalue weighted by molar-refractivity contribution is 7.98. The van der Waals surface area contributed by atoms with Gasteiger partial charge in [0.05, 0.1) is 11.0 Å². The second-order valence-electron chi connectivity index (χ2n) is 5.36. The topological polar surface area (TPSA) is 72.4 Å². The summed E-state index contributed by atoms with van der Waals surface area (Å²) in [6.07, 6.45) is 0. The molecule has 0 fully saturated rings. The Labute approximate surface area is 141 Å². The number of aliphatic carboxylic acids is 1. The average Bonchev–Trinajstić information content (AvgIpc) is 3.14. The predicted molar refractivity (Wildman–Crippen MR) is 92.1 cm³/mol. The van der Waals surface area contributed by atoms with E-state index >= 15 is 0 Å². The van der Waals surface area contributed by atoms with Crippen molar-refractivity contribution in [2.45, 2.75) is 17.5 Å². The van der Waals surface area contributed by atoms with Gasteiger partial charge in [0.2, 0.25) is 5.78 Å². The number of benzene rings is 2. The van der Waals surface area contributed by atoms with Gasteiger partial charge in [-0.2, -0.15) is 0 Å². The molecule has 0 saturated heterocycles. The van der Waals surface area contributed by atoms with Crippen molar-refractivity contribution in [1.82, 2.24) is 19.2 Å². The Morgan fingerprint density at radius 1 is 1.00 bits per heavy atom. The highest BCUT2D eigenvalue weighted by Crippen LogP contribution is 2.27. The Balaban J connectivity index is 1.79. The molecule has 1 N–H and O–H groups in total. The van der Waals surface area contributed by atoms with Gasteiger partial charge in [-0.1, -0.05) is 54.2 Å². The third-order valence-electron chi connectivity index (χ3n) is 3.78. The van der Waals surface area contributed by atoms with Crippen LogP contribution in [-0.4, -0.2) is 30.2 Å². The van der Waals surface area contributed by atoms with Crippen LogP contribution in [0.25, 0.3) is 16.8 Å². The second-order valence-corrected chi connectivity index (χ2v) is 6.30. The molecule has 7 heteroatoms. The minimum atomic E-state index is -0.903. The lowest BCUT2D eigenvalue weighted by Gasteiger charge is -2.00. The normalized spacial score (nSPS) is 11.3. The van der Waals surface area contributed by atoms with Crippen LogP contribution < -0.4 is 0 Å². The van der Waals surface area contributed by atoms with Gasteiger partial charge in [-0.15, -0.1) is 10.2 Å². The molecule has 0 atom stereocenters. The quantitative estimate of drug-likeness (QED) is 0.566. The fourth-order valence-electron chi connectivity index (χ4n) is 2.74. The number of para-hydroxylation sites is 2. The third-order valence-corrected chi connectivity index (χ3v) is 4.78. The Morgan fingerprint density at radius 2 is 1.71 bits per heavy atom. The highest BCUT2D eigenvalue weighted by atomic mass is 32.2. The molecule has 2 heterocycles. The molecule has 0 aliphatic carbocycles. The van der Waals surface area contributed by atoms with E-state index in [2.05, 4.69) is 22.3 Å². The van der Waals surface area contributed by atoms with Crippen molar-refractivity contribution in [2.75, 3.05) is 0 Å². The van der Waals surface area contributed by atoms with E-state index in [1.54, 1.807) is 16.3 Å². The minimum absolute atomic E-state index is 0.140. The van der Waals surface area contributed by atoms with Gasteiger partial charge in [-0.25, -0.2) is 0 Å². The fourth-order valence-corrected chi connectivity index (χ4v) is 3.64. The summed E-state index contributed by atoms with van der Waals surface area (Å²) in [5.74, 6) is 0.425. The van der Waals surface area contributed by atoms with Crippen LogP contribution in [0, 0.1) is 0 Å². The van der Waals surface area contributed by atoms with Gasteiger partial charge in [0.15, 0.2) is 5.16 Å². The number of nitrogens with zero attached hydrogens (tertiary/aromatic N) is 4. The Morgan fingerprint density at radius 3 is 2.46 bits per heavy atom. The number of thioether (sulfide) groups is 1. The number of hydrogen-bond donors (Lipinski definition) is 1. The molecule has 0 radical (unpaired) electrons. The molecule has 4 rings (SSSR count). The summed E-state index contributed by atoms with van der Waals surface area (Å²) in [7, 11) is 0. The first-order chi connectivity index (χ1) is 11.7. The first-order valence-electron chi connectivity index (χ1n) is 7.45.